The Morgan fingerprint density at radius 2 is 2.33 bits per heavy atom. The third kappa shape index (κ3) is 1.67. The summed E-state index contributed by atoms with van der Waals surface area (Å²) in [5, 5.41) is 9.67. The number of benzene rings is 1. The van der Waals surface area contributed by atoms with Crippen molar-refractivity contribution >= 4 is 16.8 Å². The molecule has 0 atom stereocenters. The normalized spacial score (nSPS) is 10.1. The highest BCUT2D eigenvalue weighted by molar-refractivity contribution is 5.87. The molecule has 3 N–H and O–H groups in total. The molecule has 0 bridgehead atoms. The van der Waals surface area contributed by atoms with Crippen LogP contribution in [0.15, 0.2) is 24.4 Å². The molecule has 4 heteroatoms. The summed E-state index contributed by atoms with van der Waals surface area (Å²) in [6, 6.07) is 7.56. The highest BCUT2D eigenvalue weighted by Crippen LogP contribution is 2.19. The summed E-state index contributed by atoms with van der Waals surface area (Å²) in [7, 11) is 0. The third-order valence-corrected chi connectivity index (χ3v) is 2.24. The molecule has 2 rings (SSSR count). The van der Waals surface area contributed by atoms with Crippen molar-refractivity contribution in [2.24, 2.45) is 5.73 Å². The maximum absolute atomic E-state index is 10.7. The topological polar surface area (TPSA) is 82.7 Å². The number of hydrogen-bond acceptors (Lipinski definition) is 2. The molecule has 0 radical (unpaired) electrons. The Morgan fingerprint density at radius 3 is 3.00 bits per heavy atom. The summed E-state index contributed by atoms with van der Waals surface area (Å²) in [4.78, 5) is 13.7. The van der Waals surface area contributed by atoms with E-state index in [4.69, 9.17) is 11.0 Å². The molecule has 0 fully saturated rings. The van der Waals surface area contributed by atoms with Gasteiger partial charge in [-0.05, 0) is 17.7 Å². The smallest absolute Gasteiger partial charge is 0.221 e. The number of nitrogens with two attached hydrogens (primary N) is 1. The highest BCUT2D eigenvalue weighted by atomic mass is 16.1. The zero-order chi connectivity index (χ0) is 10.8. The Morgan fingerprint density at radius 1 is 1.53 bits per heavy atom. The summed E-state index contributed by atoms with van der Waals surface area (Å²) in [6.07, 6.45) is 1.85. The van der Waals surface area contributed by atoms with Crippen molar-refractivity contribution in [1.82, 2.24) is 4.98 Å². The van der Waals surface area contributed by atoms with Crippen LogP contribution in [-0.2, 0) is 11.2 Å². The zero-order valence-corrected chi connectivity index (χ0v) is 7.95. The second kappa shape index (κ2) is 3.46. The van der Waals surface area contributed by atoms with Crippen molar-refractivity contribution < 1.29 is 4.79 Å². The van der Waals surface area contributed by atoms with Crippen LogP contribution in [0.1, 0.15) is 11.1 Å². The van der Waals surface area contributed by atoms with Gasteiger partial charge >= 0.3 is 0 Å². The van der Waals surface area contributed by atoms with Crippen LogP contribution in [0.5, 0.6) is 0 Å². The summed E-state index contributed by atoms with van der Waals surface area (Å²) in [5.74, 6) is -0.372. The summed E-state index contributed by atoms with van der Waals surface area (Å²) in [6.45, 7) is 0. The van der Waals surface area contributed by atoms with E-state index in [1.54, 1.807) is 6.20 Å². The SMILES string of the molecule is N#Cc1c[nH]c2ccc(CC(N)=O)cc12. The molecule has 1 amide bonds. The van der Waals surface area contributed by atoms with Crippen molar-refractivity contribution in [3.63, 3.8) is 0 Å². The van der Waals surface area contributed by atoms with Crippen LogP contribution in [0.25, 0.3) is 10.9 Å². The first-order valence-corrected chi connectivity index (χ1v) is 4.49. The monoisotopic (exact) mass is 199 g/mol. The Labute approximate surface area is 86.3 Å². The van der Waals surface area contributed by atoms with E-state index in [1.165, 1.54) is 0 Å². The number of aromatic nitrogens is 1. The van der Waals surface area contributed by atoms with E-state index in [2.05, 4.69) is 11.1 Å². The predicted octanol–water partition coefficient (Wildman–Crippen LogP) is 1.07. The first-order valence-electron chi connectivity index (χ1n) is 4.49. The number of aromatic amines is 1. The van der Waals surface area contributed by atoms with Gasteiger partial charge in [-0.1, -0.05) is 6.07 Å². The van der Waals surface area contributed by atoms with Crippen LogP contribution >= 0.6 is 0 Å². The van der Waals surface area contributed by atoms with Gasteiger partial charge in [0, 0.05) is 17.1 Å². The number of nitriles is 1. The zero-order valence-electron chi connectivity index (χ0n) is 7.95. The maximum Gasteiger partial charge on any atom is 0.221 e. The van der Waals surface area contributed by atoms with E-state index < -0.39 is 0 Å². The van der Waals surface area contributed by atoms with Crippen LogP contribution in [0.2, 0.25) is 0 Å². The van der Waals surface area contributed by atoms with Gasteiger partial charge in [0.1, 0.15) is 6.07 Å². The van der Waals surface area contributed by atoms with Gasteiger partial charge in [0.05, 0.1) is 12.0 Å². The van der Waals surface area contributed by atoms with Crippen LogP contribution in [-0.4, -0.2) is 10.9 Å². The van der Waals surface area contributed by atoms with E-state index in [-0.39, 0.29) is 12.3 Å². The predicted molar refractivity (Wildman–Crippen MR) is 55.9 cm³/mol. The first kappa shape index (κ1) is 9.28. The maximum atomic E-state index is 10.7. The Kier molecular flexibility index (Phi) is 2.14. The molecule has 4 nitrogen and oxygen atoms in total. The minimum Gasteiger partial charge on any atom is -0.369 e. The molecular weight excluding hydrogens is 190 g/mol. The molecule has 1 aromatic carbocycles. The number of carbonyl (C=O) groups is 1. The fraction of sp³-hybridized carbons (Fsp3) is 0.0909. The summed E-state index contributed by atoms with van der Waals surface area (Å²) < 4.78 is 0. The molecule has 15 heavy (non-hydrogen) atoms. The van der Waals surface area contributed by atoms with E-state index in [9.17, 15) is 4.79 Å². The first-order chi connectivity index (χ1) is 7.20. The third-order valence-electron chi connectivity index (χ3n) is 2.24. The van der Waals surface area contributed by atoms with Crippen molar-refractivity contribution in [2.75, 3.05) is 0 Å². The summed E-state index contributed by atoms with van der Waals surface area (Å²) >= 11 is 0. The van der Waals surface area contributed by atoms with Crippen LogP contribution in [0.3, 0.4) is 0 Å². The molecule has 0 aliphatic carbocycles. The van der Waals surface area contributed by atoms with Crippen molar-refractivity contribution in [3.8, 4) is 6.07 Å². The number of rotatable bonds is 2. The van der Waals surface area contributed by atoms with Gasteiger partial charge in [0.25, 0.3) is 0 Å². The average Bonchev–Trinajstić information content (AvgIpc) is 2.59. The molecule has 74 valence electrons. The largest absolute Gasteiger partial charge is 0.369 e. The number of H-pyrrole nitrogens is 1. The van der Waals surface area contributed by atoms with Crippen molar-refractivity contribution in [1.29, 1.82) is 5.26 Å². The van der Waals surface area contributed by atoms with Gasteiger partial charge in [-0.3, -0.25) is 4.79 Å². The van der Waals surface area contributed by atoms with Gasteiger partial charge in [0.15, 0.2) is 0 Å². The lowest BCUT2D eigenvalue weighted by atomic mass is 10.1. The Bertz CT molecular complexity index is 563. The number of hydrogen-bond donors (Lipinski definition) is 2. The van der Waals surface area contributed by atoms with Gasteiger partial charge < -0.3 is 10.7 Å². The average molecular weight is 199 g/mol. The quantitative estimate of drug-likeness (QED) is 0.758. The van der Waals surface area contributed by atoms with E-state index >= 15 is 0 Å². The molecule has 0 aliphatic rings. The molecule has 0 saturated heterocycles. The van der Waals surface area contributed by atoms with Gasteiger partial charge in [-0.15, -0.1) is 0 Å². The number of amides is 1. The number of nitrogens with one attached hydrogen (secondary N) is 1. The number of carbonyl (C=O) groups excluding carboxylic acids is 1. The van der Waals surface area contributed by atoms with Crippen molar-refractivity contribution in [3.05, 3.63) is 35.5 Å². The van der Waals surface area contributed by atoms with Gasteiger partial charge in [-0.2, -0.15) is 5.26 Å². The molecule has 0 aliphatic heterocycles. The molecule has 0 saturated carbocycles. The Balaban J connectivity index is 2.54. The number of primary amides is 1. The van der Waals surface area contributed by atoms with Crippen LogP contribution in [0.4, 0.5) is 0 Å². The van der Waals surface area contributed by atoms with Crippen molar-refractivity contribution in [2.45, 2.75) is 6.42 Å². The standard InChI is InChI=1S/C11H9N3O/c12-5-8-6-14-10-2-1-7(3-9(8)10)4-11(13)15/h1-3,6,14H,4H2,(H2,13,15). The van der Waals surface area contributed by atoms with Crippen LogP contribution < -0.4 is 5.73 Å². The summed E-state index contributed by atoms with van der Waals surface area (Å²) in [5.41, 5.74) is 7.40. The number of nitrogens with zero attached hydrogens (tertiary/aromatic N) is 1. The molecule has 1 heterocycles. The van der Waals surface area contributed by atoms with Crippen LogP contribution in [0, 0.1) is 11.3 Å². The van der Waals surface area contributed by atoms with E-state index in [1.807, 2.05) is 18.2 Å². The highest BCUT2D eigenvalue weighted by Gasteiger charge is 2.05. The molecule has 0 spiro atoms. The minimum atomic E-state index is -0.372. The molecule has 0 unspecified atom stereocenters. The second-order valence-electron chi connectivity index (χ2n) is 3.34. The fourth-order valence-corrected chi connectivity index (χ4v) is 1.57. The second-order valence-corrected chi connectivity index (χ2v) is 3.34. The van der Waals surface area contributed by atoms with Gasteiger partial charge in [0.2, 0.25) is 5.91 Å². The van der Waals surface area contributed by atoms with E-state index in [0.29, 0.717) is 5.56 Å². The van der Waals surface area contributed by atoms with Gasteiger partial charge in [-0.25, -0.2) is 0 Å². The molecule has 1 aromatic heterocycles. The Hall–Kier alpha value is -2.28. The molecule has 2 aromatic rings. The molecular formula is C11H9N3O. The minimum absolute atomic E-state index is 0.200. The lowest BCUT2D eigenvalue weighted by molar-refractivity contribution is -0.117. The fourth-order valence-electron chi connectivity index (χ4n) is 1.57. The number of fused-ring (bicyclic) bond motifs is 1. The lowest BCUT2D eigenvalue weighted by Gasteiger charge is -1.97. The van der Waals surface area contributed by atoms with E-state index in [0.717, 1.165) is 16.5 Å². The lowest BCUT2D eigenvalue weighted by Crippen LogP contribution is -2.13.